The number of hydrogen-bond acceptors (Lipinski definition) is 3. The molecular weight excluding hydrogens is 280 g/mol. The van der Waals surface area contributed by atoms with E-state index in [0.29, 0.717) is 27.4 Å². The van der Waals surface area contributed by atoms with E-state index in [0.717, 1.165) is 5.39 Å². The second-order valence-electron chi connectivity index (χ2n) is 4.91. The molecule has 1 aromatic carbocycles. The predicted octanol–water partition coefficient (Wildman–Crippen LogP) is 4.94. The fourth-order valence-corrected chi connectivity index (χ4v) is 3.90. The Morgan fingerprint density at radius 2 is 2.16 bits per heavy atom. The van der Waals surface area contributed by atoms with Crippen molar-refractivity contribution in [3.05, 3.63) is 35.0 Å². The Bertz CT molecular complexity index is 599. The molecule has 3 rings (SSSR count). The quantitative estimate of drug-likeness (QED) is 0.748. The highest BCUT2D eigenvalue weighted by Gasteiger charge is 2.19. The number of thioether (sulfide) groups is 1. The molecule has 1 aliphatic rings. The van der Waals surface area contributed by atoms with Gasteiger partial charge in [-0.2, -0.15) is 11.8 Å². The highest BCUT2D eigenvalue weighted by atomic mass is 35.5. The number of fused-ring (bicyclic) bond motifs is 1. The number of benzene rings is 1. The van der Waals surface area contributed by atoms with Crippen molar-refractivity contribution in [2.24, 2.45) is 0 Å². The monoisotopic (exact) mass is 294 g/mol. The third kappa shape index (κ3) is 2.82. The van der Waals surface area contributed by atoms with Crippen LogP contribution in [0, 0.1) is 0 Å². The molecular formula is C15H15ClO2S. The molecule has 2 aromatic rings. The summed E-state index contributed by atoms with van der Waals surface area (Å²) < 4.78 is 5.58. The average molecular weight is 295 g/mol. The molecule has 2 nitrogen and oxygen atoms in total. The van der Waals surface area contributed by atoms with Gasteiger partial charge in [0, 0.05) is 10.6 Å². The van der Waals surface area contributed by atoms with Crippen LogP contribution in [0.1, 0.15) is 36.2 Å². The molecule has 1 aromatic heterocycles. The fourth-order valence-electron chi connectivity index (χ4n) is 2.48. The van der Waals surface area contributed by atoms with Crippen LogP contribution >= 0.6 is 23.4 Å². The second kappa shape index (κ2) is 5.59. The molecule has 0 radical (unpaired) electrons. The summed E-state index contributed by atoms with van der Waals surface area (Å²) in [5, 5.41) is 2.10. The van der Waals surface area contributed by atoms with Crippen LogP contribution < -0.4 is 0 Å². The number of Topliss-reactive ketones (excluding diaryl/α,β-unsaturated/α-hetero) is 1. The molecule has 19 heavy (non-hydrogen) atoms. The molecule has 0 atom stereocenters. The topological polar surface area (TPSA) is 30.2 Å². The van der Waals surface area contributed by atoms with Gasteiger partial charge in [-0.15, -0.1) is 0 Å². The normalized spacial score (nSPS) is 16.3. The molecule has 4 heteroatoms. The van der Waals surface area contributed by atoms with Gasteiger partial charge in [0.1, 0.15) is 0 Å². The maximum absolute atomic E-state index is 12.1. The number of hydrogen-bond donors (Lipinski definition) is 0. The van der Waals surface area contributed by atoms with Gasteiger partial charge in [0.2, 0.25) is 5.78 Å². The van der Waals surface area contributed by atoms with Crippen LogP contribution in [0.25, 0.3) is 11.0 Å². The number of halogens is 1. The molecule has 0 spiro atoms. The van der Waals surface area contributed by atoms with Gasteiger partial charge in [-0.3, -0.25) is 4.79 Å². The summed E-state index contributed by atoms with van der Waals surface area (Å²) >= 11 is 7.80. The molecule has 0 saturated heterocycles. The summed E-state index contributed by atoms with van der Waals surface area (Å²) in [6.07, 6.45) is 5.08. The van der Waals surface area contributed by atoms with Crippen molar-refractivity contribution in [2.75, 3.05) is 5.75 Å². The van der Waals surface area contributed by atoms with Crippen LogP contribution in [-0.2, 0) is 0 Å². The molecule has 100 valence electrons. The molecule has 0 aliphatic heterocycles. The lowest BCUT2D eigenvalue weighted by Gasteiger charge is -2.06. The minimum atomic E-state index is 0.0594. The number of carbonyl (C=O) groups excluding carboxylic acids is 1. The van der Waals surface area contributed by atoms with Gasteiger partial charge < -0.3 is 4.42 Å². The standard InChI is InChI=1S/C15H15ClO2S/c16-12-7-3-4-10-8-14(18-15(10)12)13(17)9-19-11-5-1-2-6-11/h3-4,7-8,11H,1-2,5-6,9H2. The van der Waals surface area contributed by atoms with E-state index in [4.69, 9.17) is 16.0 Å². The van der Waals surface area contributed by atoms with Crippen molar-refractivity contribution < 1.29 is 9.21 Å². The summed E-state index contributed by atoms with van der Waals surface area (Å²) in [4.78, 5) is 12.1. The Morgan fingerprint density at radius 3 is 2.89 bits per heavy atom. The van der Waals surface area contributed by atoms with Crippen molar-refractivity contribution in [2.45, 2.75) is 30.9 Å². The third-order valence-electron chi connectivity index (χ3n) is 3.52. The van der Waals surface area contributed by atoms with E-state index >= 15 is 0 Å². The van der Waals surface area contributed by atoms with Gasteiger partial charge in [0.25, 0.3) is 0 Å². The largest absolute Gasteiger partial charge is 0.451 e. The van der Waals surface area contributed by atoms with Crippen LogP contribution in [0.4, 0.5) is 0 Å². The van der Waals surface area contributed by atoms with E-state index in [2.05, 4.69) is 0 Å². The van der Waals surface area contributed by atoms with Crippen LogP contribution in [-0.4, -0.2) is 16.8 Å². The van der Waals surface area contributed by atoms with E-state index in [1.807, 2.05) is 12.1 Å². The lowest BCUT2D eigenvalue weighted by atomic mass is 10.2. The van der Waals surface area contributed by atoms with Gasteiger partial charge in [-0.1, -0.05) is 36.6 Å². The molecule has 0 bridgehead atoms. The van der Waals surface area contributed by atoms with E-state index in [9.17, 15) is 4.79 Å². The Hall–Kier alpha value is -0.930. The van der Waals surface area contributed by atoms with Gasteiger partial charge in [0.05, 0.1) is 10.8 Å². The van der Waals surface area contributed by atoms with Crippen LogP contribution in [0.15, 0.2) is 28.7 Å². The first-order chi connectivity index (χ1) is 9.24. The Kier molecular flexibility index (Phi) is 3.85. The summed E-state index contributed by atoms with van der Waals surface area (Å²) in [6, 6.07) is 7.33. The molecule has 0 unspecified atom stereocenters. The van der Waals surface area contributed by atoms with E-state index in [-0.39, 0.29) is 5.78 Å². The smallest absolute Gasteiger partial charge is 0.207 e. The molecule has 0 N–H and O–H groups in total. The number of furan rings is 1. The second-order valence-corrected chi connectivity index (χ2v) is 6.61. The van der Waals surface area contributed by atoms with E-state index in [1.165, 1.54) is 25.7 Å². The number of carbonyl (C=O) groups is 1. The van der Waals surface area contributed by atoms with Crippen molar-refractivity contribution in [1.29, 1.82) is 0 Å². The first-order valence-corrected chi connectivity index (χ1v) is 7.99. The minimum absolute atomic E-state index is 0.0594. The maximum atomic E-state index is 12.1. The van der Waals surface area contributed by atoms with Gasteiger partial charge in [-0.05, 0) is 25.0 Å². The lowest BCUT2D eigenvalue weighted by molar-refractivity contribution is 0.0994. The molecule has 1 aliphatic carbocycles. The summed E-state index contributed by atoms with van der Waals surface area (Å²) in [6.45, 7) is 0. The third-order valence-corrected chi connectivity index (χ3v) is 5.19. The first-order valence-electron chi connectivity index (χ1n) is 6.57. The Labute approximate surface area is 121 Å². The predicted molar refractivity (Wildman–Crippen MR) is 80.3 cm³/mol. The SMILES string of the molecule is O=C(CSC1CCCC1)c1cc2cccc(Cl)c2o1. The Morgan fingerprint density at radius 1 is 1.37 bits per heavy atom. The number of ketones is 1. The first kappa shape index (κ1) is 13.1. The average Bonchev–Trinajstić information content (AvgIpc) is 3.05. The van der Waals surface area contributed by atoms with Crippen molar-refractivity contribution in [3.63, 3.8) is 0 Å². The summed E-state index contributed by atoms with van der Waals surface area (Å²) in [7, 11) is 0. The highest BCUT2D eigenvalue weighted by Crippen LogP contribution is 2.31. The zero-order valence-electron chi connectivity index (χ0n) is 10.5. The number of para-hydroxylation sites is 1. The van der Waals surface area contributed by atoms with Gasteiger partial charge in [0.15, 0.2) is 11.3 Å². The van der Waals surface area contributed by atoms with E-state index < -0.39 is 0 Å². The van der Waals surface area contributed by atoms with Crippen molar-refractivity contribution >= 4 is 40.1 Å². The lowest BCUT2D eigenvalue weighted by Crippen LogP contribution is -2.05. The van der Waals surface area contributed by atoms with Crippen molar-refractivity contribution in [3.8, 4) is 0 Å². The summed E-state index contributed by atoms with van der Waals surface area (Å²) in [5.41, 5.74) is 0.610. The Balaban J connectivity index is 1.72. The minimum Gasteiger partial charge on any atom is -0.451 e. The van der Waals surface area contributed by atoms with Gasteiger partial charge in [-0.25, -0.2) is 0 Å². The summed E-state index contributed by atoms with van der Waals surface area (Å²) in [5.74, 6) is 0.986. The zero-order valence-corrected chi connectivity index (χ0v) is 12.1. The molecule has 1 heterocycles. The molecule has 1 fully saturated rings. The van der Waals surface area contributed by atoms with Gasteiger partial charge >= 0.3 is 0 Å². The number of rotatable bonds is 4. The highest BCUT2D eigenvalue weighted by molar-refractivity contribution is 8.00. The van der Waals surface area contributed by atoms with E-state index in [1.54, 1.807) is 23.9 Å². The zero-order chi connectivity index (χ0) is 13.2. The van der Waals surface area contributed by atoms with Crippen LogP contribution in [0.3, 0.4) is 0 Å². The van der Waals surface area contributed by atoms with Crippen molar-refractivity contribution in [1.82, 2.24) is 0 Å². The maximum Gasteiger partial charge on any atom is 0.207 e. The van der Waals surface area contributed by atoms with Crippen LogP contribution in [0.2, 0.25) is 5.02 Å². The van der Waals surface area contributed by atoms with Crippen LogP contribution in [0.5, 0.6) is 0 Å². The molecule has 0 amide bonds. The fraction of sp³-hybridized carbons (Fsp3) is 0.400. The molecule has 1 saturated carbocycles.